The Hall–Kier alpha value is 2.99. The molecule has 2 rings (SSSR count). The number of hydrogen-bond donors (Lipinski definition) is 0. The molecule has 0 N–H and O–H groups in total. The fourth-order valence-corrected chi connectivity index (χ4v) is 4.69. The Balaban J connectivity index is 0.00000264. The van der Waals surface area contributed by atoms with Crippen molar-refractivity contribution in [3.63, 3.8) is 0 Å². The number of benzene rings is 2. The van der Waals surface area contributed by atoms with Gasteiger partial charge < -0.3 is 9.11 Å². The Labute approximate surface area is 252 Å². The van der Waals surface area contributed by atoms with Crippen LogP contribution in [0.3, 0.4) is 0 Å². The van der Waals surface area contributed by atoms with Gasteiger partial charge in [0.25, 0.3) is 0 Å². The van der Waals surface area contributed by atoms with E-state index in [1.165, 1.54) is 24.3 Å². The Morgan fingerprint density at radius 2 is 0.958 bits per heavy atom. The molecule has 0 heterocycles. The summed E-state index contributed by atoms with van der Waals surface area (Å²) >= 11 is 3.65. The van der Waals surface area contributed by atoms with Gasteiger partial charge in [-0.1, -0.05) is 12.1 Å². The summed E-state index contributed by atoms with van der Waals surface area (Å²) in [7, 11) is -9.66. The van der Waals surface area contributed by atoms with Crippen LogP contribution in [0.4, 0.5) is 0 Å². The monoisotopic (exact) mass is 642 g/mol. The molecular formula is C12H6I2K2O6S2. The van der Waals surface area contributed by atoms with E-state index in [2.05, 4.69) is 0 Å². The standard InChI is InChI=1S/C12H8I2O6S2.2K/c13-7-1-3-9(11(5-7)21(15,16)17)10-4-2-8(14)6-12(10)22(18,19)20;;/h1-6H,(H,15,16,17)(H,18,19,20);;/q;2*+1/p-2. The maximum absolute atomic E-state index is 11.4. The van der Waals surface area contributed by atoms with Crippen molar-refractivity contribution in [1.29, 1.82) is 0 Å². The summed E-state index contributed by atoms with van der Waals surface area (Å²) in [6.45, 7) is 0. The Kier molecular flexibility index (Phi) is 12.0. The summed E-state index contributed by atoms with van der Waals surface area (Å²) < 4.78 is 69.5. The summed E-state index contributed by atoms with van der Waals surface area (Å²) in [6.07, 6.45) is 0. The fraction of sp³-hybridized carbons (Fsp3) is 0. The summed E-state index contributed by atoms with van der Waals surface area (Å²) in [5.41, 5.74) is -0.220. The Bertz CT molecular complexity index is 882. The molecule has 0 radical (unpaired) electrons. The second kappa shape index (κ2) is 10.7. The van der Waals surface area contributed by atoms with Gasteiger partial charge in [0.2, 0.25) is 0 Å². The minimum atomic E-state index is -4.83. The van der Waals surface area contributed by atoms with E-state index >= 15 is 0 Å². The van der Waals surface area contributed by atoms with Crippen molar-refractivity contribution in [2.45, 2.75) is 9.79 Å². The molecular weight excluding hydrogens is 636 g/mol. The minimum Gasteiger partial charge on any atom is -0.744 e. The Morgan fingerprint density at radius 3 is 1.21 bits per heavy atom. The van der Waals surface area contributed by atoms with E-state index in [-0.39, 0.29) is 114 Å². The van der Waals surface area contributed by atoms with Gasteiger partial charge in [-0.15, -0.1) is 0 Å². The molecule has 0 amide bonds. The van der Waals surface area contributed by atoms with E-state index in [0.29, 0.717) is 7.14 Å². The van der Waals surface area contributed by atoms with Crippen LogP contribution in [0.25, 0.3) is 11.1 Å². The molecule has 118 valence electrons. The van der Waals surface area contributed by atoms with Gasteiger partial charge in [-0.2, -0.15) is 0 Å². The van der Waals surface area contributed by atoms with Crippen molar-refractivity contribution >= 4 is 65.4 Å². The van der Waals surface area contributed by atoms with Crippen molar-refractivity contribution < 1.29 is 129 Å². The SMILES string of the molecule is O=S(=O)([O-])c1cc(I)ccc1-c1ccc(I)cc1S(=O)(=O)[O-].[K+].[K+]. The van der Waals surface area contributed by atoms with Crippen LogP contribution in [-0.4, -0.2) is 25.9 Å². The second-order valence-electron chi connectivity index (χ2n) is 4.19. The fourth-order valence-electron chi connectivity index (χ4n) is 1.85. The predicted octanol–water partition coefficient (Wildman–Crippen LogP) is -3.62. The minimum absolute atomic E-state index is 0. The van der Waals surface area contributed by atoms with Crippen molar-refractivity contribution in [2.75, 3.05) is 0 Å². The van der Waals surface area contributed by atoms with Crippen molar-refractivity contribution in [3.8, 4) is 11.1 Å². The van der Waals surface area contributed by atoms with Gasteiger partial charge in [-0.3, -0.25) is 0 Å². The summed E-state index contributed by atoms with van der Waals surface area (Å²) in [5.74, 6) is 0. The molecule has 0 bridgehead atoms. The molecule has 0 aliphatic carbocycles. The zero-order chi connectivity index (χ0) is 16.7. The van der Waals surface area contributed by atoms with E-state index in [1.807, 2.05) is 45.2 Å². The zero-order valence-electron chi connectivity index (χ0n) is 12.5. The van der Waals surface area contributed by atoms with Crippen LogP contribution in [0.1, 0.15) is 0 Å². The van der Waals surface area contributed by atoms with Gasteiger partial charge in [0.05, 0.1) is 9.79 Å². The molecule has 0 saturated heterocycles. The summed E-state index contributed by atoms with van der Waals surface area (Å²) in [4.78, 5) is -1.13. The molecule has 2 aromatic carbocycles. The maximum Gasteiger partial charge on any atom is 1.00 e. The average molecular weight is 642 g/mol. The number of rotatable bonds is 3. The summed E-state index contributed by atoms with van der Waals surface area (Å²) in [6, 6.07) is 7.93. The molecule has 24 heavy (non-hydrogen) atoms. The molecule has 12 heteroatoms. The second-order valence-corrected chi connectivity index (χ2v) is 9.38. The van der Waals surface area contributed by atoms with E-state index in [9.17, 15) is 25.9 Å². The topological polar surface area (TPSA) is 114 Å². The van der Waals surface area contributed by atoms with Crippen molar-refractivity contribution in [2.24, 2.45) is 0 Å². The first-order valence-electron chi connectivity index (χ1n) is 5.51. The predicted molar refractivity (Wildman–Crippen MR) is 93.2 cm³/mol. The van der Waals surface area contributed by atoms with Gasteiger partial charge in [0.1, 0.15) is 20.2 Å². The third-order valence-electron chi connectivity index (χ3n) is 2.72. The van der Waals surface area contributed by atoms with E-state index < -0.39 is 30.0 Å². The average Bonchev–Trinajstić information content (AvgIpc) is 2.37. The van der Waals surface area contributed by atoms with Crippen molar-refractivity contribution in [1.82, 2.24) is 0 Å². The Morgan fingerprint density at radius 1 is 0.667 bits per heavy atom. The van der Waals surface area contributed by atoms with Crippen LogP contribution in [0.5, 0.6) is 0 Å². The molecule has 2 aromatic rings. The first kappa shape index (κ1) is 27.0. The molecule has 0 aliphatic heterocycles. The molecule has 0 fully saturated rings. The molecule has 6 nitrogen and oxygen atoms in total. The quantitative estimate of drug-likeness (QED) is 0.194. The number of hydrogen-bond acceptors (Lipinski definition) is 6. The van der Waals surface area contributed by atoms with Gasteiger partial charge in [0.15, 0.2) is 0 Å². The van der Waals surface area contributed by atoms with E-state index in [0.717, 1.165) is 12.1 Å². The number of halogens is 2. The van der Waals surface area contributed by atoms with E-state index in [1.54, 1.807) is 0 Å². The molecule has 0 saturated carbocycles. The normalized spacial score (nSPS) is 11.3. The third kappa shape index (κ3) is 7.11. The van der Waals surface area contributed by atoms with Crippen molar-refractivity contribution in [3.05, 3.63) is 43.5 Å². The largest absolute Gasteiger partial charge is 1.00 e. The molecule has 0 unspecified atom stereocenters. The molecule has 0 aliphatic rings. The molecule has 0 atom stereocenters. The third-order valence-corrected chi connectivity index (χ3v) is 5.81. The smallest absolute Gasteiger partial charge is 0.744 e. The molecule has 0 spiro atoms. The first-order chi connectivity index (χ1) is 10.00. The van der Waals surface area contributed by atoms with Gasteiger partial charge >= 0.3 is 103 Å². The zero-order valence-corrected chi connectivity index (χ0v) is 24.7. The van der Waals surface area contributed by atoms with Gasteiger partial charge in [-0.05, 0) is 69.4 Å². The van der Waals surface area contributed by atoms with Gasteiger partial charge in [0, 0.05) is 18.3 Å². The van der Waals surface area contributed by atoms with Crippen LogP contribution in [0.15, 0.2) is 46.2 Å². The first-order valence-corrected chi connectivity index (χ1v) is 10.5. The van der Waals surface area contributed by atoms with Crippen LogP contribution in [-0.2, 0) is 20.2 Å². The molecule has 0 aromatic heterocycles. The van der Waals surface area contributed by atoms with Crippen LogP contribution in [0.2, 0.25) is 0 Å². The maximum atomic E-state index is 11.4. The van der Waals surface area contributed by atoms with Gasteiger partial charge in [-0.25, -0.2) is 16.8 Å². The summed E-state index contributed by atoms with van der Waals surface area (Å²) in [5, 5.41) is 0. The van der Waals surface area contributed by atoms with Crippen LogP contribution >= 0.6 is 45.2 Å². The van der Waals surface area contributed by atoms with E-state index in [4.69, 9.17) is 0 Å². The van der Waals surface area contributed by atoms with Crippen LogP contribution in [0, 0.1) is 7.14 Å². The van der Waals surface area contributed by atoms with Crippen LogP contribution < -0.4 is 103 Å².